The molecule has 0 spiro atoms. The first kappa shape index (κ1) is 19.5. The molecule has 4 nitrogen and oxygen atoms in total. The van der Waals surface area contributed by atoms with Gasteiger partial charge in [0.15, 0.2) is 6.04 Å². The average molecular weight is 380 g/mol. The van der Waals surface area contributed by atoms with E-state index < -0.39 is 23.5 Å². The molecule has 1 N–H and O–H groups in total. The third-order valence-electron chi connectivity index (χ3n) is 4.61. The van der Waals surface area contributed by atoms with E-state index >= 15 is 0 Å². The van der Waals surface area contributed by atoms with Crippen molar-refractivity contribution in [3.8, 4) is 5.75 Å². The Kier molecular flexibility index (Phi) is 4.84. The van der Waals surface area contributed by atoms with E-state index in [9.17, 15) is 18.0 Å². The molecule has 146 valence electrons. The van der Waals surface area contributed by atoms with Crippen LogP contribution < -0.4 is 10.2 Å². The van der Waals surface area contributed by atoms with Gasteiger partial charge in [-0.05, 0) is 44.5 Å². The molecule has 0 bridgehead atoms. The number of halogens is 3. The van der Waals surface area contributed by atoms with Gasteiger partial charge in [-0.2, -0.15) is 13.2 Å². The summed E-state index contributed by atoms with van der Waals surface area (Å²) in [6, 6.07) is 8.19. The van der Waals surface area contributed by atoms with E-state index in [4.69, 9.17) is 4.74 Å². The van der Waals surface area contributed by atoms with Crippen molar-refractivity contribution in [3.05, 3.63) is 42.0 Å². The normalized spacial score (nSPS) is 18.7. The number of ether oxygens (including phenoxy) is 1. The van der Waals surface area contributed by atoms with Crippen LogP contribution in [0.25, 0.3) is 10.8 Å². The summed E-state index contributed by atoms with van der Waals surface area (Å²) in [5.74, 6) is -0.256. The summed E-state index contributed by atoms with van der Waals surface area (Å²) in [6.45, 7) is 6.74. The fourth-order valence-electron chi connectivity index (χ4n) is 3.39. The fourth-order valence-corrected chi connectivity index (χ4v) is 3.39. The van der Waals surface area contributed by atoms with Crippen LogP contribution in [-0.4, -0.2) is 29.7 Å². The van der Waals surface area contributed by atoms with Crippen molar-refractivity contribution in [3.63, 3.8) is 0 Å². The maximum Gasteiger partial charge on any atom is 0.410 e. The quantitative estimate of drug-likeness (QED) is 0.843. The first-order chi connectivity index (χ1) is 12.5. The van der Waals surface area contributed by atoms with Crippen molar-refractivity contribution in [1.29, 1.82) is 0 Å². The number of carbonyl (C=O) groups is 1. The predicted molar refractivity (Wildman–Crippen MR) is 97.1 cm³/mol. The number of alkyl halides is 3. The SMILES string of the molecule is CC(C)Oc1ccc2ccccc2c1C(N1CC(C)(C)C(=O)N1)C(F)(F)F. The molecule has 27 heavy (non-hydrogen) atoms. The smallest absolute Gasteiger partial charge is 0.410 e. The van der Waals surface area contributed by atoms with Crippen molar-refractivity contribution in [2.45, 2.75) is 46.0 Å². The van der Waals surface area contributed by atoms with Gasteiger partial charge in [0.05, 0.1) is 11.5 Å². The highest BCUT2D eigenvalue weighted by Gasteiger charge is 2.52. The number of amides is 1. The predicted octanol–water partition coefficient (Wildman–Crippen LogP) is 4.60. The lowest BCUT2D eigenvalue weighted by atomic mass is 9.92. The first-order valence-electron chi connectivity index (χ1n) is 8.83. The molecule has 1 unspecified atom stereocenters. The van der Waals surface area contributed by atoms with Crippen molar-refractivity contribution >= 4 is 16.7 Å². The van der Waals surface area contributed by atoms with Gasteiger partial charge in [0.1, 0.15) is 5.75 Å². The van der Waals surface area contributed by atoms with Gasteiger partial charge in [-0.15, -0.1) is 0 Å². The zero-order chi connectivity index (χ0) is 20.0. The molecular formula is C20H23F3N2O2. The molecule has 3 rings (SSSR count). The van der Waals surface area contributed by atoms with Crippen LogP contribution in [0.5, 0.6) is 5.75 Å². The molecule has 1 saturated heterocycles. The van der Waals surface area contributed by atoms with Crippen molar-refractivity contribution in [2.24, 2.45) is 5.41 Å². The van der Waals surface area contributed by atoms with Crippen molar-refractivity contribution in [1.82, 2.24) is 10.4 Å². The summed E-state index contributed by atoms with van der Waals surface area (Å²) in [7, 11) is 0. The van der Waals surface area contributed by atoms with Crippen LogP contribution in [0.3, 0.4) is 0 Å². The summed E-state index contributed by atoms with van der Waals surface area (Å²) in [5, 5.41) is 2.12. The maximum atomic E-state index is 14.2. The Labute approximate surface area is 156 Å². The van der Waals surface area contributed by atoms with Gasteiger partial charge in [0.2, 0.25) is 5.91 Å². The number of fused-ring (bicyclic) bond motifs is 1. The second-order valence-corrected chi connectivity index (χ2v) is 7.76. The summed E-state index contributed by atoms with van der Waals surface area (Å²) < 4.78 is 48.4. The Balaban J connectivity index is 2.22. The van der Waals surface area contributed by atoms with E-state index in [1.165, 1.54) is 0 Å². The van der Waals surface area contributed by atoms with Crippen LogP contribution >= 0.6 is 0 Å². The summed E-state index contributed by atoms with van der Waals surface area (Å²) in [6.07, 6.45) is -4.89. The van der Waals surface area contributed by atoms with E-state index in [2.05, 4.69) is 5.43 Å². The van der Waals surface area contributed by atoms with Crippen molar-refractivity contribution < 1.29 is 22.7 Å². The van der Waals surface area contributed by atoms with E-state index in [1.807, 2.05) is 0 Å². The molecule has 1 fully saturated rings. The first-order valence-corrected chi connectivity index (χ1v) is 8.83. The lowest BCUT2D eigenvalue weighted by Gasteiger charge is -2.32. The highest BCUT2D eigenvalue weighted by molar-refractivity contribution is 5.89. The number of rotatable bonds is 4. The number of carbonyl (C=O) groups excluding carboxylic acids is 1. The molecular weight excluding hydrogens is 357 g/mol. The molecule has 0 radical (unpaired) electrons. The second kappa shape index (κ2) is 6.71. The number of nitrogens with one attached hydrogen (secondary N) is 1. The van der Waals surface area contributed by atoms with Gasteiger partial charge in [-0.25, -0.2) is 5.01 Å². The molecule has 0 aromatic heterocycles. The second-order valence-electron chi connectivity index (χ2n) is 7.76. The molecule has 1 aliphatic rings. The number of benzene rings is 2. The van der Waals surface area contributed by atoms with Gasteiger partial charge in [0.25, 0.3) is 0 Å². The van der Waals surface area contributed by atoms with Crippen molar-refractivity contribution in [2.75, 3.05) is 6.54 Å². The molecule has 1 aliphatic heterocycles. The number of nitrogens with zero attached hydrogens (tertiary/aromatic N) is 1. The Morgan fingerprint density at radius 1 is 1.15 bits per heavy atom. The molecule has 2 aromatic carbocycles. The van der Waals surface area contributed by atoms with Gasteiger partial charge in [0, 0.05) is 12.1 Å². The highest BCUT2D eigenvalue weighted by Crippen LogP contribution is 2.46. The molecule has 1 atom stereocenters. The monoisotopic (exact) mass is 380 g/mol. The van der Waals surface area contributed by atoms with Crippen LogP contribution in [0.15, 0.2) is 36.4 Å². The van der Waals surface area contributed by atoms with E-state index in [-0.39, 0.29) is 24.0 Å². The fraction of sp³-hybridized carbons (Fsp3) is 0.450. The lowest BCUT2D eigenvalue weighted by Crippen LogP contribution is -2.44. The van der Waals surface area contributed by atoms with Crippen LogP contribution in [0.4, 0.5) is 13.2 Å². The lowest BCUT2D eigenvalue weighted by molar-refractivity contribution is -0.191. The topological polar surface area (TPSA) is 41.6 Å². The number of hydrogen-bond donors (Lipinski definition) is 1. The third-order valence-corrected chi connectivity index (χ3v) is 4.61. The maximum absolute atomic E-state index is 14.2. The largest absolute Gasteiger partial charge is 0.491 e. The Morgan fingerprint density at radius 2 is 1.81 bits per heavy atom. The standard InChI is InChI=1S/C20H23F3N2O2/c1-12(2)27-15-10-9-13-7-5-6-8-14(13)16(15)17(20(21,22)23)25-11-19(3,4)18(26)24-25/h5-10,12,17H,11H2,1-4H3,(H,24,26). The minimum Gasteiger partial charge on any atom is -0.491 e. The summed E-state index contributed by atoms with van der Waals surface area (Å²) >= 11 is 0. The molecule has 2 aromatic rings. The van der Waals surface area contributed by atoms with Crippen LogP contribution in [0.2, 0.25) is 0 Å². The van der Waals surface area contributed by atoms with Crippen LogP contribution in [0.1, 0.15) is 39.3 Å². The van der Waals surface area contributed by atoms with E-state index in [1.54, 1.807) is 64.1 Å². The highest BCUT2D eigenvalue weighted by atomic mass is 19.4. The molecule has 7 heteroatoms. The van der Waals surface area contributed by atoms with Crippen LogP contribution in [0, 0.1) is 5.41 Å². The molecule has 0 aliphatic carbocycles. The van der Waals surface area contributed by atoms with E-state index in [0.717, 1.165) is 5.01 Å². The summed E-state index contributed by atoms with van der Waals surface area (Å²) in [5.41, 5.74) is 1.52. The summed E-state index contributed by atoms with van der Waals surface area (Å²) in [4.78, 5) is 12.1. The van der Waals surface area contributed by atoms with Gasteiger partial charge in [-0.1, -0.05) is 30.3 Å². The Morgan fingerprint density at radius 3 is 2.37 bits per heavy atom. The molecule has 1 heterocycles. The number of hydrazine groups is 1. The molecule has 0 saturated carbocycles. The van der Waals surface area contributed by atoms with Crippen LogP contribution in [-0.2, 0) is 4.79 Å². The van der Waals surface area contributed by atoms with Gasteiger partial charge in [-0.3, -0.25) is 10.2 Å². The number of hydrogen-bond acceptors (Lipinski definition) is 3. The third kappa shape index (κ3) is 3.74. The minimum absolute atomic E-state index is 0.0206. The zero-order valence-electron chi connectivity index (χ0n) is 15.7. The van der Waals surface area contributed by atoms with Gasteiger partial charge >= 0.3 is 6.18 Å². The van der Waals surface area contributed by atoms with E-state index in [0.29, 0.717) is 10.8 Å². The Bertz CT molecular complexity index is 862. The average Bonchev–Trinajstić information content (AvgIpc) is 2.80. The minimum atomic E-state index is -4.60. The zero-order valence-corrected chi connectivity index (χ0v) is 15.7. The Hall–Kier alpha value is -2.28. The van der Waals surface area contributed by atoms with Gasteiger partial charge < -0.3 is 4.74 Å². The molecule has 1 amide bonds.